The van der Waals surface area contributed by atoms with Gasteiger partial charge in [0.2, 0.25) is 0 Å². The summed E-state index contributed by atoms with van der Waals surface area (Å²) in [6, 6.07) is 2.74. The van der Waals surface area contributed by atoms with E-state index in [1.165, 1.54) is 12.1 Å². The fourth-order valence-corrected chi connectivity index (χ4v) is 3.33. The second kappa shape index (κ2) is 8.78. The summed E-state index contributed by atoms with van der Waals surface area (Å²) in [5.74, 6) is -5.38. The molecule has 0 spiro atoms. The van der Waals surface area contributed by atoms with Crippen LogP contribution in [0, 0.1) is 5.82 Å². The molecule has 32 heavy (non-hydrogen) atoms. The topological polar surface area (TPSA) is 101 Å². The zero-order valence-electron chi connectivity index (χ0n) is 16.0. The summed E-state index contributed by atoms with van der Waals surface area (Å²) in [6.45, 7) is -2.14. The highest BCUT2D eigenvalue weighted by molar-refractivity contribution is 7.92. The van der Waals surface area contributed by atoms with Crippen LogP contribution in [0.15, 0.2) is 42.4 Å². The largest absolute Gasteiger partial charge is 0.345 e. The normalized spacial score (nSPS) is 17.7. The lowest BCUT2D eigenvalue weighted by molar-refractivity contribution is -0.166. The van der Waals surface area contributed by atoms with Gasteiger partial charge in [0.25, 0.3) is 21.9 Å². The number of aromatic nitrogens is 2. The van der Waals surface area contributed by atoms with Crippen molar-refractivity contribution in [3.8, 4) is 11.3 Å². The Kier molecular flexibility index (Phi) is 6.46. The van der Waals surface area contributed by atoms with Gasteiger partial charge < -0.3 is 9.64 Å². The first kappa shape index (κ1) is 23.5. The minimum absolute atomic E-state index is 0.152. The van der Waals surface area contributed by atoms with Gasteiger partial charge in [-0.2, -0.15) is 8.78 Å². The Balaban J connectivity index is 2.03. The van der Waals surface area contributed by atoms with Crippen molar-refractivity contribution in [1.29, 1.82) is 0 Å². The molecule has 1 saturated heterocycles. The Labute approximate surface area is 178 Å². The van der Waals surface area contributed by atoms with E-state index in [1.807, 2.05) is 0 Å². The third kappa shape index (κ3) is 5.02. The highest BCUT2D eigenvalue weighted by atomic mass is 32.2. The van der Waals surface area contributed by atoms with Crippen LogP contribution in [0.3, 0.4) is 0 Å². The van der Waals surface area contributed by atoms with Crippen molar-refractivity contribution in [1.82, 2.24) is 14.7 Å². The molecule has 2 heterocycles. The van der Waals surface area contributed by atoms with E-state index in [1.54, 1.807) is 4.72 Å². The lowest BCUT2D eigenvalue weighted by Crippen LogP contribution is -2.67. The molecule has 1 atom stereocenters. The lowest BCUT2D eigenvalue weighted by Gasteiger charge is -2.48. The lowest BCUT2D eigenvalue weighted by atomic mass is 9.97. The minimum atomic E-state index is -4.16. The molecule has 1 aromatic carbocycles. The van der Waals surface area contributed by atoms with E-state index in [4.69, 9.17) is 0 Å². The highest BCUT2D eigenvalue weighted by Gasteiger charge is 2.56. The molecule has 1 N–H and O–H groups in total. The summed E-state index contributed by atoms with van der Waals surface area (Å²) in [5, 5.41) is 0.489. The van der Waals surface area contributed by atoms with Gasteiger partial charge in [-0.25, -0.2) is 36.3 Å². The van der Waals surface area contributed by atoms with Crippen LogP contribution in [0.2, 0.25) is 0 Å². The number of carbonyl (C=O) groups excluding carboxylic acids is 1. The Morgan fingerprint density at radius 3 is 2.56 bits per heavy atom. The van der Waals surface area contributed by atoms with Crippen molar-refractivity contribution in [2.45, 2.75) is 18.6 Å². The molecule has 0 radical (unpaired) electrons. The van der Waals surface area contributed by atoms with E-state index in [-0.39, 0.29) is 17.1 Å². The molecule has 1 fully saturated rings. The van der Waals surface area contributed by atoms with E-state index in [2.05, 4.69) is 21.3 Å². The summed E-state index contributed by atoms with van der Waals surface area (Å²) in [4.78, 5) is 21.1. The quantitative estimate of drug-likeness (QED) is 0.582. The fraction of sp³-hybridized carbons (Fsp3) is 0.278. The Bertz CT molecular complexity index is 1130. The zero-order valence-corrected chi connectivity index (χ0v) is 16.8. The molecule has 172 valence electrons. The van der Waals surface area contributed by atoms with Gasteiger partial charge in [-0.1, -0.05) is 6.58 Å². The number of halogens is 5. The smallest absolute Gasteiger partial charge is 0.337 e. The SMILES string of the molecule is C=CS(=O)(=O)NC(=O)c1cnc(N2CC(F)(F)C2COC(F)F)c(-c2ccc(F)cc2)n1. The number of sulfonamides is 1. The van der Waals surface area contributed by atoms with Gasteiger partial charge in [0.05, 0.1) is 19.3 Å². The molecule has 1 aliphatic rings. The number of benzene rings is 1. The first-order chi connectivity index (χ1) is 14.9. The van der Waals surface area contributed by atoms with Gasteiger partial charge in [-0.05, 0) is 24.3 Å². The number of alkyl halides is 4. The van der Waals surface area contributed by atoms with Gasteiger partial charge in [0, 0.05) is 11.0 Å². The number of amides is 1. The molecule has 0 bridgehead atoms. The number of rotatable bonds is 8. The Morgan fingerprint density at radius 2 is 2.00 bits per heavy atom. The van der Waals surface area contributed by atoms with Crippen LogP contribution in [0.4, 0.5) is 27.8 Å². The predicted octanol–water partition coefficient (Wildman–Crippen LogP) is 2.55. The second-order valence-electron chi connectivity index (χ2n) is 6.58. The van der Waals surface area contributed by atoms with E-state index in [9.17, 15) is 35.2 Å². The minimum Gasteiger partial charge on any atom is -0.337 e. The number of carbonyl (C=O) groups is 1. The second-order valence-corrected chi connectivity index (χ2v) is 8.20. The maximum atomic E-state index is 14.0. The average Bonchev–Trinajstić information content (AvgIpc) is 2.72. The number of nitrogens with zero attached hydrogens (tertiary/aromatic N) is 3. The van der Waals surface area contributed by atoms with Gasteiger partial charge >= 0.3 is 6.61 Å². The first-order valence-electron chi connectivity index (χ1n) is 8.80. The fourth-order valence-electron chi connectivity index (χ4n) is 2.88. The van der Waals surface area contributed by atoms with Crippen molar-refractivity contribution >= 4 is 21.7 Å². The molecule has 0 saturated carbocycles. The van der Waals surface area contributed by atoms with Crippen molar-refractivity contribution in [3.63, 3.8) is 0 Å². The van der Waals surface area contributed by atoms with E-state index >= 15 is 0 Å². The Hall–Kier alpha value is -3.13. The van der Waals surface area contributed by atoms with Gasteiger partial charge in [-0.3, -0.25) is 4.79 Å². The van der Waals surface area contributed by atoms with Crippen LogP contribution in [0.5, 0.6) is 0 Å². The number of nitrogens with one attached hydrogen (secondary N) is 1. The molecule has 1 aliphatic heterocycles. The summed E-state index contributed by atoms with van der Waals surface area (Å²) in [6.07, 6.45) is 0.831. The van der Waals surface area contributed by atoms with Crippen LogP contribution >= 0.6 is 0 Å². The molecule has 14 heteroatoms. The molecule has 0 aliphatic carbocycles. The molecule has 1 unspecified atom stereocenters. The summed E-state index contributed by atoms with van der Waals surface area (Å²) >= 11 is 0. The molecule has 1 aromatic heterocycles. The van der Waals surface area contributed by atoms with Crippen LogP contribution < -0.4 is 9.62 Å². The third-order valence-corrected chi connectivity index (χ3v) is 5.36. The van der Waals surface area contributed by atoms with Gasteiger partial charge in [-0.15, -0.1) is 0 Å². The number of hydrogen-bond acceptors (Lipinski definition) is 7. The van der Waals surface area contributed by atoms with Gasteiger partial charge in [0.1, 0.15) is 23.2 Å². The molecule has 1 amide bonds. The van der Waals surface area contributed by atoms with E-state index in [0.717, 1.165) is 23.2 Å². The van der Waals surface area contributed by atoms with Crippen LogP contribution in [-0.4, -0.2) is 56.0 Å². The Morgan fingerprint density at radius 1 is 1.34 bits per heavy atom. The monoisotopic (exact) mass is 478 g/mol. The van der Waals surface area contributed by atoms with E-state index < -0.39 is 59.2 Å². The zero-order chi connectivity index (χ0) is 23.7. The highest BCUT2D eigenvalue weighted by Crippen LogP contribution is 2.41. The van der Waals surface area contributed by atoms with Crippen molar-refractivity contribution in [2.24, 2.45) is 0 Å². The van der Waals surface area contributed by atoms with Crippen LogP contribution in [0.1, 0.15) is 10.5 Å². The molecule has 8 nitrogen and oxygen atoms in total. The summed E-state index contributed by atoms with van der Waals surface area (Å²) in [5.41, 5.74) is -0.517. The maximum Gasteiger partial charge on any atom is 0.345 e. The average molecular weight is 478 g/mol. The predicted molar refractivity (Wildman–Crippen MR) is 102 cm³/mol. The van der Waals surface area contributed by atoms with Gasteiger partial charge in [0.15, 0.2) is 5.82 Å². The molecular weight excluding hydrogens is 463 g/mol. The molecular formula is C18H15F5N4O4S. The van der Waals surface area contributed by atoms with Crippen molar-refractivity contribution < 1.29 is 39.9 Å². The standard InChI is InChI=1S/C18H15F5N4O4S/c1-2-32(29,30)26-16(28)12-7-24-15(14(25-12)10-3-5-11(19)6-4-10)27-9-18(22,23)13(27)8-31-17(20)21/h2-7,13,17H,1,8-9H2,(H,26,28). The maximum absolute atomic E-state index is 14.0. The van der Waals surface area contributed by atoms with Crippen LogP contribution in [-0.2, 0) is 14.8 Å². The number of anilines is 1. The summed E-state index contributed by atoms with van der Waals surface area (Å²) in [7, 11) is -4.16. The summed E-state index contributed by atoms with van der Waals surface area (Å²) < 4.78 is 94.9. The molecule has 3 rings (SSSR count). The van der Waals surface area contributed by atoms with Crippen LogP contribution in [0.25, 0.3) is 11.3 Å². The number of ether oxygens (including phenoxy) is 1. The van der Waals surface area contributed by atoms with E-state index in [0.29, 0.717) is 5.41 Å². The third-order valence-electron chi connectivity index (χ3n) is 4.45. The molecule has 2 aromatic rings. The number of hydrogen-bond donors (Lipinski definition) is 1. The first-order valence-corrected chi connectivity index (χ1v) is 10.3. The van der Waals surface area contributed by atoms with Crippen molar-refractivity contribution in [3.05, 3.63) is 54.0 Å². The van der Waals surface area contributed by atoms with Crippen molar-refractivity contribution in [2.75, 3.05) is 18.1 Å².